The molecular weight excluding hydrogens is 412 g/mol. The first kappa shape index (κ1) is 31.4. The second kappa shape index (κ2) is 24.1. The molecule has 1 aliphatic heterocycles. The van der Waals surface area contributed by atoms with Gasteiger partial charge in [-0.2, -0.15) is 0 Å². The van der Waals surface area contributed by atoms with E-state index in [4.69, 9.17) is 0 Å². The van der Waals surface area contributed by atoms with Crippen LogP contribution in [0.3, 0.4) is 0 Å². The lowest BCUT2D eigenvalue weighted by atomic mass is 10.0. The maximum Gasteiger partial charge on any atom is 0.101 e. The average Bonchev–Trinajstić information content (AvgIpc) is 3.23. The first-order chi connectivity index (χ1) is 16.8. The average molecular weight is 477 g/mol. The smallest absolute Gasteiger partial charge is 0.101 e. The molecule has 0 bridgehead atoms. The van der Waals surface area contributed by atoms with E-state index in [2.05, 4.69) is 43.0 Å². The van der Waals surface area contributed by atoms with E-state index < -0.39 is 0 Å². The third-order valence-electron chi connectivity index (χ3n) is 7.82. The molecule has 34 heavy (non-hydrogen) atoms. The van der Waals surface area contributed by atoms with Crippen molar-refractivity contribution in [3.63, 3.8) is 0 Å². The van der Waals surface area contributed by atoms with Crippen molar-refractivity contribution in [2.24, 2.45) is 0 Å². The van der Waals surface area contributed by atoms with E-state index in [0.29, 0.717) is 6.17 Å². The number of hydrogen-bond acceptors (Lipinski definition) is 2. The first-order valence-corrected chi connectivity index (χ1v) is 16.0. The topological polar surface area (TPSA) is 6.48 Å². The summed E-state index contributed by atoms with van der Waals surface area (Å²) in [5, 5.41) is 0. The summed E-state index contributed by atoms with van der Waals surface area (Å²) in [6, 6.07) is 0. The highest BCUT2D eigenvalue weighted by Gasteiger charge is 2.24. The summed E-state index contributed by atoms with van der Waals surface area (Å²) in [6.07, 6.45) is 39.5. The van der Waals surface area contributed by atoms with Gasteiger partial charge in [-0.15, -0.1) is 0 Å². The van der Waals surface area contributed by atoms with Crippen LogP contribution in [0, 0.1) is 0 Å². The van der Waals surface area contributed by atoms with E-state index in [9.17, 15) is 0 Å². The summed E-state index contributed by atoms with van der Waals surface area (Å²) >= 11 is 0. The van der Waals surface area contributed by atoms with Crippen molar-refractivity contribution in [2.45, 2.75) is 181 Å². The predicted molar refractivity (Wildman–Crippen MR) is 154 cm³/mol. The normalized spacial score (nSPS) is 15.7. The van der Waals surface area contributed by atoms with Gasteiger partial charge in [0, 0.05) is 25.5 Å². The zero-order valence-electron chi connectivity index (χ0n) is 24.0. The van der Waals surface area contributed by atoms with Crippen LogP contribution in [0.25, 0.3) is 0 Å². The Bertz CT molecular complexity index is 433. The fraction of sp³-hybridized carbons (Fsp3) is 0.938. The summed E-state index contributed by atoms with van der Waals surface area (Å²) < 4.78 is 0. The summed E-state index contributed by atoms with van der Waals surface area (Å²) in [6.45, 7) is 9.47. The van der Waals surface area contributed by atoms with Gasteiger partial charge in [0.25, 0.3) is 0 Å². The molecule has 0 saturated carbocycles. The molecule has 0 aromatic carbocycles. The van der Waals surface area contributed by atoms with Crippen LogP contribution in [-0.4, -0.2) is 29.1 Å². The van der Waals surface area contributed by atoms with Crippen LogP contribution < -0.4 is 0 Å². The second-order valence-corrected chi connectivity index (χ2v) is 11.1. The zero-order valence-corrected chi connectivity index (χ0v) is 24.0. The summed E-state index contributed by atoms with van der Waals surface area (Å²) in [4.78, 5) is 5.33. The molecule has 1 atom stereocenters. The molecule has 0 saturated heterocycles. The van der Waals surface area contributed by atoms with Crippen molar-refractivity contribution in [3.05, 3.63) is 12.4 Å². The van der Waals surface area contributed by atoms with Crippen LogP contribution in [0.2, 0.25) is 0 Å². The molecule has 1 aliphatic rings. The molecule has 0 fully saturated rings. The minimum atomic E-state index is 0.641. The highest BCUT2D eigenvalue weighted by molar-refractivity contribution is 4.96. The van der Waals surface area contributed by atoms with Gasteiger partial charge in [0.2, 0.25) is 0 Å². The van der Waals surface area contributed by atoms with Gasteiger partial charge < -0.3 is 9.80 Å². The lowest BCUT2D eigenvalue weighted by Gasteiger charge is -2.33. The Morgan fingerprint density at radius 3 is 1.00 bits per heavy atom. The standard InChI is InChI=1S/C32H64N2/c1-4-7-10-12-14-16-17-18-19-20-22-24-26-29-34-31-30-33(32(34)27-9-6-3)28-25-23-21-15-13-11-8-5-2/h30-32H,4-29H2,1-3H3. The van der Waals surface area contributed by atoms with Gasteiger partial charge in [0.05, 0.1) is 0 Å². The Morgan fingerprint density at radius 2 is 0.676 bits per heavy atom. The number of unbranched alkanes of at least 4 members (excludes halogenated alkanes) is 20. The molecule has 1 rings (SSSR count). The van der Waals surface area contributed by atoms with Crippen molar-refractivity contribution in [3.8, 4) is 0 Å². The van der Waals surface area contributed by atoms with E-state index in [-0.39, 0.29) is 0 Å². The Labute approximate surface area is 216 Å². The predicted octanol–water partition coefficient (Wildman–Crippen LogP) is 10.8. The lowest BCUT2D eigenvalue weighted by Crippen LogP contribution is -2.39. The van der Waals surface area contributed by atoms with Gasteiger partial charge in [-0.3, -0.25) is 0 Å². The van der Waals surface area contributed by atoms with Crippen LogP contribution >= 0.6 is 0 Å². The molecule has 2 heteroatoms. The molecule has 0 aliphatic carbocycles. The first-order valence-electron chi connectivity index (χ1n) is 16.0. The largest absolute Gasteiger partial charge is 0.356 e. The van der Waals surface area contributed by atoms with Crippen LogP contribution in [0.1, 0.15) is 175 Å². The number of nitrogens with zero attached hydrogens (tertiary/aromatic N) is 2. The van der Waals surface area contributed by atoms with Gasteiger partial charge in [0.15, 0.2) is 0 Å². The monoisotopic (exact) mass is 477 g/mol. The number of hydrogen-bond donors (Lipinski definition) is 0. The van der Waals surface area contributed by atoms with E-state index in [1.807, 2.05) is 0 Å². The van der Waals surface area contributed by atoms with Crippen molar-refractivity contribution in [1.82, 2.24) is 9.80 Å². The molecular formula is C32H64N2. The van der Waals surface area contributed by atoms with Crippen molar-refractivity contribution in [2.75, 3.05) is 13.1 Å². The van der Waals surface area contributed by atoms with Crippen LogP contribution in [0.5, 0.6) is 0 Å². The molecule has 0 N–H and O–H groups in total. The van der Waals surface area contributed by atoms with Crippen molar-refractivity contribution < 1.29 is 0 Å². The Hall–Kier alpha value is -0.660. The second-order valence-electron chi connectivity index (χ2n) is 11.1. The fourth-order valence-corrected chi connectivity index (χ4v) is 5.47. The molecule has 1 unspecified atom stereocenters. The third kappa shape index (κ3) is 16.9. The molecule has 1 heterocycles. The summed E-state index contributed by atoms with van der Waals surface area (Å²) in [5.41, 5.74) is 0. The Morgan fingerprint density at radius 1 is 0.382 bits per heavy atom. The molecule has 0 radical (unpaired) electrons. The quantitative estimate of drug-likeness (QED) is 0.114. The van der Waals surface area contributed by atoms with E-state index >= 15 is 0 Å². The molecule has 0 aromatic heterocycles. The number of rotatable bonds is 26. The highest BCUT2D eigenvalue weighted by atomic mass is 15.4. The van der Waals surface area contributed by atoms with Crippen LogP contribution in [-0.2, 0) is 0 Å². The molecule has 2 nitrogen and oxygen atoms in total. The fourth-order valence-electron chi connectivity index (χ4n) is 5.47. The minimum absolute atomic E-state index is 0.641. The Kier molecular flexibility index (Phi) is 22.2. The van der Waals surface area contributed by atoms with Crippen LogP contribution in [0.4, 0.5) is 0 Å². The van der Waals surface area contributed by atoms with E-state index in [1.54, 1.807) is 0 Å². The molecule has 202 valence electrons. The van der Waals surface area contributed by atoms with Crippen molar-refractivity contribution >= 4 is 0 Å². The maximum absolute atomic E-state index is 2.67. The van der Waals surface area contributed by atoms with Crippen LogP contribution in [0.15, 0.2) is 12.4 Å². The van der Waals surface area contributed by atoms with E-state index in [1.165, 1.54) is 167 Å². The molecule has 0 aromatic rings. The maximum atomic E-state index is 2.67. The summed E-state index contributed by atoms with van der Waals surface area (Å²) in [7, 11) is 0. The lowest BCUT2D eigenvalue weighted by molar-refractivity contribution is 0.136. The zero-order chi connectivity index (χ0) is 24.5. The van der Waals surface area contributed by atoms with Gasteiger partial charge in [-0.1, -0.05) is 149 Å². The van der Waals surface area contributed by atoms with Crippen molar-refractivity contribution in [1.29, 1.82) is 0 Å². The van der Waals surface area contributed by atoms with Gasteiger partial charge in [0.1, 0.15) is 6.17 Å². The van der Waals surface area contributed by atoms with Gasteiger partial charge in [-0.05, 0) is 25.7 Å². The highest BCUT2D eigenvalue weighted by Crippen LogP contribution is 2.23. The molecule has 0 amide bonds. The van der Waals surface area contributed by atoms with E-state index in [0.717, 1.165) is 0 Å². The SMILES string of the molecule is CCCCCCCCCCCCCCCN1C=CN(CCCCCCCCCC)C1CCCC. The molecule has 0 spiro atoms. The summed E-state index contributed by atoms with van der Waals surface area (Å²) in [5.74, 6) is 0. The van der Waals surface area contributed by atoms with Gasteiger partial charge >= 0.3 is 0 Å². The van der Waals surface area contributed by atoms with Gasteiger partial charge in [-0.25, -0.2) is 0 Å². The Balaban J connectivity index is 2.05. The third-order valence-corrected chi connectivity index (χ3v) is 7.82. The minimum Gasteiger partial charge on any atom is -0.356 e.